The molecule has 8 nitrogen and oxygen atoms in total. The van der Waals surface area contributed by atoms with Gasteiger partial charge in [0.15, 0.2) is 0 Å². The topological polar surface area (TPSA) is 82.6 Å². The number of carbonyl (C=O) groups is 1. The quantitative estimate of drug-likeness (QED) is 0.622. The minimum atomic E-state index is -0.126. The first kappa shape index (κ1) is 20.1. The van der Waals surface area contributed by atoms with Gasteiger partial charge in [-0.1, -0.05) is 12.0 Å². The normalized spacial score (nSPS) is 19.7. The zero-order chi connectivity index (χ0) is 22.2. The third-order valence-corrected chi connectivity index (χ3v) is 6.27. The molecule has 0 saturated carbocycles. The second-order valence-electron chi connectivity index (χ2n) is 8.24. The molecule has 2 atom stereocenters. The number of fused-ring (bicyclic) bond motifs is 2. The van der Waals surface area contributed by atoms with E-state index in [0.717, 1.165) is 36.3 Å². The van der Waals surface area contributed by atoms with E-state index in [0.29, 0.717) is 34.7 Å². The molecule has 0 bridgehead atoms. The lowest BCUT2D eigenvalue weighted by molar-refractivity contribution is 0.0826. The largest absolute Gasteiger partial charge is 0.494 e. The van der Waals surface area contributed by atoms with Gasteiger partial charge in [0.05, 0.1) is 18.3 Å². The summed E-state index contributed by atoms with van der Waals surface area (Å²) in [6.07, 6.45) is 7.01. The van der Waals surface area contributed by atoms with E-state index in [1.165, 1.54) is 6.33 Å². The number of anilines is 3. The first-order chi connectivity index (χ1) is 15.6. The lowest BCUT2D eigenvalue weighted by Crippen LogP contribution is -2.52. The summed E-state index contributed by atoms with van der Waals surface area (Å²) in [5, 5.41) is 7.09. The van der Waals surface area contributed by atoms with Crippen molar-refractivity contribution in [2.45, 2.75) is 6.04 Å². The molecule has 2 N–H and O–H groups in total. The Hall–Kier alpha value is -3.83. The summed E-state index contributed by atoms with van der Waals surface area (Å²) in [5.41, 5.74) is 2.87. The van der Waals surface area contributed by atoms with Crippen molar-refractivity contribution < 1.29 is 9.53 Å². The molecule has 0 radical (unpaired) electrons. The number of nitrogens with zero attached hydrogens (tertiary/aromatic N) is 4. The van der Waals surface area contributed by atoms with Crippen LogP contribution in [0.25, 0.3) is 10.9 Å². The Balaban J connectivity index is 1.44. The number of likely N-dealkylation sites (N-methyl/N-ethyl adjacent to an activating group) is 1. The number of ether oxygens (including phenoxy) is 1. The van der Waals surface area contributed by atoms with Crippen LogP contribution < -0.4 is 15.4 Å². The van der Waals surface area contributed by atoms with E-state index in [1.807, 2.05) is 35.2 Å². The number of urea groups is 1. The molecule has 0 aliphatic carbocycles. The molecule has 3 aromatic rings. The van der Waals surface area contributed by atoms with Crippen LogP contribution in [-0.4, -0.2) is 65.6 Å². The van der Waals surface area contributed by atoms with Crippen LogP contribution in [0, 0.1) is 18.3 Å². The van der Waals surface area contributed by atoms with Gasteiger partial charge in [-0.05, 0) is 31.3 Å². The van der Waals surface area contributed by atoms with E-state index in [9.17, 15) is 4.79 Å². The van der Waals surface area contributed by atoms with E-state index in [1.54, 1.807) is 13.2 Å². The summed E-state index contributed by atoms with van der Waals surface area (Å²) < 4.78 is 5.53. The Bertz CT molecular complexity index is 1240. The molecule has 3 heterocycles. The van der Waals surface area contributed by atoms with Gasteiger partial charge in [-0.15, -0.1) is 6.42 Å². The summed E-state index contributed by atoms with van der Waals surface area (Å²) in [5.74, 6) is 4.35. The second-order valence-corrected chi connectivity index (χ2v) is 8.24. The van der Waals surface area contributed by atoms with Crippen LogP contribution in [0.1, 0.15) is 5.56 Å². The molecule has 32 heavy (non-hydrogen) atoms. The summed E-state index contributed by atoms with van der Waals surface area (Å²) in [7, 11) is 3.68. The van der Waals surface area contributed by atoms with Crippen molar-refractivity contribution in [2.75, 3.05) is 44.4 Å². The fourth-order valence-electron chi connectivity index (χ4n) is 4.53. The smallest absolute Gasteiger partial charge is 0.322 e. The first-order valence-electron chi connectivity index (χ1n) is 10.5. The maximum atomic E-state index is 13.0. The van der Waals surface area contributed by atoms with Crippen LogP contribution in [0.5, 0.6) is 5.75 Å². The van der Waals surface area contributed by atoms with Crippen molar-refractivity contribution in [1.82, 2.24) is 19.8 Å². The number of hydrogen-bond acceptors (Lipinski definition) is 6. The summed E-state index contributed by atoms with van der Waals surface area (Å²) in [6, 6.07) is 11.5. The molecule has 5 rings (SSSR count). The third-order valence-electron chi connectivity index (χ3n) is 6.27. The van der Waals surface area contributed by atoms with Crippen molar-refractivity contribution in [3.05, 3.63) is 48.3 Å². The fraction of sp³-hybridized carbons (Fsp3) is 0.292. The highest BCUT2D eigenvalue weighted by Crippen LogP contribution is 2.35. The van der Waals surface area contributed by atoms with Gasteiger partial charge in [0, 0.05) is 54.3 Å². The number of likely N-dealkylation sites (tertiary alicyclic amines) is 2. The van der Waals surface area contributed by atoms with Crippen LogP contribution in [-0.2, 0) is 0 Å². The fourth-order valence-corrected chi connectivity index (χ4v) is 4.53. The van der Waals surface area contributed by atoms with Crippen molar-refractivity contribution >= 4 is 34.1 Å². The van der Waals surface area contributed by atoms with Gasteiger partial charge in [0.25, 0.3) is 0 Å². The number of rotatable bonds is 4. The minimum Gasteiger partial charge on any atom is -0.494 e. The second kappa shape index (κ2) is 8.02. The number of terminal acetylenes is 1. The molecule has 2 unspecified atom stereocenters. The molecular weight excluding hydrogens is 404 g/mol. The molecule has 1 aromatic heterocycles. The Morgan fingerprint density at radius 2 is 2.09 bits per heavy atom. The number of aromatic nitrogens is 2. The summed E-state index contributed by atoms with van der Waals surface area (Å²) in [6.45, 7) is 2.56. The van der Waals surface area contributed by atoms with E-state index >= 15 is 0 Å². The Morgan fingerprint density at radius 1 is 1.22 bits per heavy atom. The Labute approximate surface area is 186 Å². The van der Waals surface area contributed by atoms with E-state index < -0.39 is 0 Å². The van der Waals surface area contributed by atoms with E-state index in [2.05, 4.69) is 38.5 Å². The lowest BCUT2D eigenvalue weighted by atomic mass is 9.93. The molecule has 0 spiro atoms. The highest BCUT2D eigenvalue weighted by atomic mass is 16.5. The zero-order valence-electron chi connectivity index (χ0n) is 18.0. The molecule has 2 aromatic carbocycles. The standard InChI is InChI=1S/C24H24N6O2/c1-4-15-6-5-7-17(8-15)27-23-18-9-20(22(32-3)10-19(18)25-14-26-23)28-24(31)30-12-16-11-29(2)21(16)13-30/h1,5-10,14,16,21H,11-13H2,2-3H3,(H,28,31)(H,25,26,27). The lowest BCUT2D eigenvalue weighted by Gasteiger charge is -2.40. The number of hydrogen-bond donors (Lipinski definition) is 2. The molecule has 8 heteroatoms. The van der Waals surface area contributed by atoms with Crippen molar-refractivity contribution in [3.63, 3.8) is 0 Å². The van der Waals surface area contributed by atoms with Gasteiger partial charge in [0.1, 0.15) is 17.9 Å². The van der Waals surface area contributed by atoms with E-state index in [-0.39, 0.29) is 6.03 Å². The summed E-state index contributed by atoms with van der Waals surface area (Å²) in [4.78, 5) is 25.9. The number of nitrogens with one attached hydrogen (secondary N) is 2. The predicted octanol–water partition coefficient (Wildman–Crippen LogP) is 3.14. The van der Waals surface area contributed by atoms with Gasteiger partial charge in [-0.25, -0.2) is 14.8 Å². The van der Waals surface area contributed by atoms with Gasteiger partial charge in [-0.3, -0.25) is 0 Å². The van der Waals surface area contributed by atoms with E-state index in [4.69, 9.17) is 11.2 Å². The van der Waals surface area contributed by atoms with Crippen LogP contribution in [0.15, 0.2) is 42.7 Å². The molecule has 2 amide bonds. The number of benzene rings is 2. The van der Waals surface area contributed by atoms with Crippen molar-refractivity contribution in [1.29, 1.82) is 0 Å². The third kappa shape index (κ3) is 3.57. The average molecular weight is 428 g/mol. The monoisotopic (exact) mass is 428 g/mol. The number of methoxy groups -OCH3 is 1. The number of carbonyl (C=O) groups excluding carboxylic acids is 1. The maximum Gasteiger partial charge on any atom is 0.322 e. The van der Waals surface area contributed by atoms with Gasteiger partial charge in [0.2, 0.25) is 0 Å². The SMILES string of the molecule is C#Cc1cccc(Nc2ncnc3cc(OC)c(NC(=O)N4CC5CN(C)C5C4)cc23)c1. The summed E-state index contributed by atoms with van der Waals surface area (Å²) >= 11 is 0. The van der Waals surface area contributed by atoms with Crippen LogP contribution in [0.3, 0.4) is 0 Å². The zero-order valence-corrected chi connectivity index (χ0v) is 18.0. The molecule has 2 aliphatic rings. The highest BCUT2D eigenvalue weighted by Gasteiger charge is 2.45. The van der Waals surface area contributed by atoms with Crippen molar-refractivity contribution in [3.8, 4) is 18.1 Å². The first-order valence-corrected chi connectivity index (χ1v) is 10.5. The molecule has 2 aliphatic heterocycles. The molecular formula is C24H24N6O2. The van der Waals surface area contributed by atoms with Crippen LogP contribution in [0.2, 0.25) is 0 Å². The van der Waals surface area contributed by atoms with Gasteiger partial charge in [-0.2, -0.15) is 0 Å². The number of amides is 2. The Kier molecular flexibility index (Phi) is 5.04. The average Bonchev–Trinajstić information content (AvgIpc) is 3.16. The molecule has 162 valence electrons. The van der Waals surface area contributed by atoms with Gasteiger partial charge < -0.3 is 25.2 Å². The Morgan fingerprint density at radius 3 is 2.84 bits per heavy atom. The maximum absolute atomic E-state index is 13.0. The minimum absolute atomic E-state index is 0.126. The van der Waals surface area contributed by atoms with Crippen LogP contribution >= 0.6 is 0 Å². The van der Waals surface area contributed by atoms with Crippen molar-refractivity contribution in [2.24, 2.45) is 5.92 Å². The highest BCUT2D eigenvalue weighted by molar-refractivity contribution is 5.99. The van der Waals surface area contributed by atoms with Crippen LogP contribution in [0.4, 0.5) is 22.0 Å². The predicted molar refractivity (Wildman–Crippen MR) is 124 cm³/mol. The molecule has 2 fully saturated rings. The van der Waals surface area contributed by atoms with Gasteiger partial charge >= 0.3 is 6.03 Å². The molecule has 2 saturated heterocycles.